The molecule has 0 aliphatic carbocycles. The van der Waals surface area contributed by atoms with E-state index in [-0.39, 0.29) is 17.2 Å². The molecule has 0 unspecified atom stereocenters. The smallest absolute Gasteiger partial charge is 0.278 e. The van der Waals surface area contributed by atoms with Crippen molar-refractivity contribution < 1.29 is 24.1 Å². The molecule has 1 fully saturated rings. The van der Waals surface area contributed by atoms with E-state index in [1.54, 1.807) is 12.1 Å². The van der Waals surface area contributed by atoms with Gasteiger partial charge in [-0.05, 0) is 43.3 Å². The summed E-state index contributed by atoms with van der Waals surface area (Å²) in [5.41, 5.74) is 1.42. The third-order valence-electron chi connectivity index (χ3n) is 4.72. The van der Waals surface area contributed by atoms with Crippen molar-refractivity contribution in [2.45, 2.75) is 13.0 Å². The number of non-ortho nitro benzene ring substituents is 1. The van der Waals surface area contributed by atoms with Crippen LogP contribution in [0.15, 0.2) is 53.7 Å². The number of hydrogen-bond donors (Lipinski definition) is 0. The summed E-state index contributed by atoms with van der Waals surface area (Å²) >= 11 is 0. The second kappa shape index (κ2) is 6.38. The third-order valence-corrected chi connectivity index (χ3v) is 4.72. The first-order valence-electron chi connectivity index (χ1n) is 8.36. The molecule has 2 aliphatic heterocycles. The number of Topliss-reactive ketones (excluding diaryl/α,β-unsaturated/α-hetero) is 1. The summed E-state index contributed by atoms with van der Waals surface area (Å²) in [6.07, 6.45) is -1.08. The fourth-order valence-electron chi connectivity index (χ4n) is 3.27. The Kier molecular flexibility index (Phi) is 3.99. The molecule has 2 atom stereocenters. The Bertz CT molecular complexity index is 1040. The second-order valence-electron chi connectivity index (χ2n) is 6.40. The van der Waals surface area contributed by atoms with Gasteiger partial charge in [0.15, 0.2) is 5.78 Å². The van der Waals surface area contributed by atoms with Gasteiger partial charge in [0.05, 0.1) is 10.6 Å². The van der Waals surface area contributed by atoms with Crippen molar-refractivity contribution in [1.29, 1.82) is 0 Å². The Labute approximate surface area is 158 Å². The normalized spacial score (nSPS) is 20.6. The number of anilines is 1. The van der Waals surface area contributed by atoms with Crippen LogP contribution in [0.4, 0.5) is 11.4 Å². The van der Waals surface area contributed by atoms with E-state index in [1.165, 1.54) is 43.3 Å². The Morgan fingerprint density at radius 2 is 1.71 bits per heavy atom. The van der Waals surface area contributed by atoms with Gasteiger partial charge in [0.2, 0.25) is 12.0 Å². The highest BCUT2D eigenvalue weighted by atomic mass is 16.7. The molecule has 0 aromatic heterocycles. The van der Waals surface area contributed by atoms with Gasteiger partial charge in [0.25, 0.3) is 11.6 Å². The van der Waals surface area contributed by atoms with Crippen LogP contribution in [0.1, 0.15) is 22.8 Å². The van der Waals surface area contributed by atoms with Gasteiger partial charge >= 0.3 is 0 Å². The lowest BCUT2D eigenvalue weighted by Crippen LogP contribution is -2.33. The van der Waals surface area contributed by atoms with Crippen molar-refractivity contribution in [3.8, 4) is 0 Å². The Morgan fingerprint density at radius 3 is 2.29 bits per heavy atom. The molecule has 2 heterocycles. The van der Waals surface area contributed by atoms with E-state index in [2.05, 4.69) is 5.16 Å². The number of benzene rings is 2. The van der Waals surface area contributed by atoms with E-state index < -0.39 is 28.8 Å². The molecule has 4 rings (SSSR count). The minimum atomic E-state index is -1.08. The van der Waals surface area contributed by atoms with E-state index >= 15 is 0 Å². The highest BCUT2D eigenvalue weighted by Gasteiger charge is 2.56. The first-order valence-corrected chi connectivity index (χ1v) is 8.36. The molecule has 0 radical (unpaired) electrons. The average molecular weight is 379 g/mol. The molecule has 2 aromatic rings. The Hall–Kier alpha value is -3.88. The summed E-state index contributed by atoms with van der Waals surface area (Å²) in [6, 6.07) is 11.6. The molecule has 9 heteroatoms. The number of carbonyl (C=O) groups excluding carboxylic acids is 3. The number of nitro groups is 1. The van der Waals surface area contributed by atoms with Crippen LogP contribution in [-0.4, -0.2) is 34.3 Å². The van der Waals surface area contributed by atoms with Crippen molar-refractivity contribution in [3.05, 3.63) is 69.8 Å². The highest BCUT2D eigenvalue weighted by molar-refractivity contribution is 6.32. The summed E-state index contributed by atoms with van der Waals surface area (Å²) < 4.78 is 0. The Morgan fingerprint density at radius 1 is 1.07 bits per heavy atom. The number of carbonyl (C=O) groups is 3. The number of imide groups is 1. The first-order chi connectivity index (χ1) is 13.4. The molecular weight excluding hydrogens is 366 g/mol. The van der Waals surface area contributed by atoms with E-state index in [4.69, 9.17) is 4.84 Å². The zero-order valence-electron chi connectivity index (χ0n) is 14.6. The van der Waals surface area contributed by atoms with Gasteiger partial charge in [-0.15, -0.1) is 0 Å². The van der Waals surface area contributed by atoms with Crippen LogP contribution in [0.5, 0.6) is 0 Å². The number of hydrogen-bond acceptors (Lipinski definition) is 7. The van der Waals surface area contributed by atoms with Crippen LogP contribution < -0.4 is 4.90 Å². The quantitative estimate of drug-likeness (QED) is 0.347. The number of fused-ring (bicyclic) bond motifs is 1. The molecular formula is C19H13N3O6. The van der Waals surface area contributed by atoms with Gasteiger partial charge in [0, 0.05) is 23.3 Å². The lowest BCUT2D eigenvalue weighted by molar-refractivity contribution is -0.384. The van der Waals surface area contributed by atoms with Crippen LogP contribution in [-0.2, 0) is 14.4 Å². The summed E-state index contributed by atoms with van der Waals surface area (Å²) in [5.74, 6) is -2.11. The third kappa shape index (κ3) is 2.64. The van der Waals surface area contributed by atoms with Crippen LogP contribution in [0, 0.1) is 16.0 Å². The average Bonchev–Trinajstić information content (AvgIpc) is 3.22. The topological polar surface area (TPSA) is 119 Å². The molecule has 0 spiro atoms. The monoisotopic (exact) mass is 379 g/mol. The molecule has 2 amide bonds. The van der Waals surface area contributed by atoms with Crippen molar-refractivity contribution in [1.82, 2.24) is 0 Å². The second-order valence-corrected chi connectivity index (χ2v) is 6.40. The highest BCUT2D eigenvalue weighted by Crippen LogP contribution is 2.35. The molecule has 2 aliphatic rings. The van der Waals surface area contributed by atoms with Crippen molar-refractivity contribution in [2.75, 3.05) is 4.90 Å². The summed E-state index contributed by atoms with van der Waals surface area (Å²) in [7, 11) is 0. The van der Waals surface area contributed by atoms with Gasteiger partial charge in [-0.3, -0.25) is 24.5 Å². The molecule has 140 valence electrons. The molecule has 0 bridgehead atoms. The first kappa shape index (κ1) is 17.5. The lowest BCUT2D eigenvalue weighted by Gasteiger charge is -2.15. The largest absolute Gasteiger partial charge is 0.381 e. The van der Waals surface area contributed by atoms with E-state index in [9.17, 15) is 24.5 Å². The maximum atomic E-state index is 12.9. The number of nitrogens with zero attached hydrogens (tertiary/aromatic N) is 3. The lowest BCUT2D eigenvalue weighted by atomic mass is 9.94. The fraction of sp³-hybridized carbons (Fsp3) is 0.158. The zero-order chi connectivity index (χ0) is 20.0. The summed E-state index contributed by atoms with van der Waals surface area (Å²) in [6.45, 7) is 1.42. The number of amides is 2. The summed E-state index contributed by atoms with van der Waals surface area (Å²) in [4.78, 5) is 53.5. The maximum Gasteiger partial charge on any atom is 0.278 e. The van der Waals surface area contributed by atoms with Crippen LogP contribution >= 0.6 is 0 Å². The van der Waals surface area contributed by atoms with Crippen LogP contribution in [0.25, 0.3) is 0 Å². The number of rotatable bonds is 4. The van der Waals surface area contributed by atoms with Crippen LogP contribution in [0.3, 0.4) is 0 Å². The van der Waals surface area contributed by atoms with Gasteiger partial charge in [-0.25, -0.2) is 4.90 Å². The van der Waals surface area contributed by atoms with E-state index in [0.717, 1.165) is 4.90 Å². The molecule has 2 aromatic carbocycles. The molecule has 28 heavy (non-hydrogen) atoms. The van der Waals surface area contributed by atoms with Crippen LogP contribution in [0.2, 0.25) is 0 Å². The molecule has 0 N–H and O–H groups in total. The van der Waals surface area contributed by atoms with E-state index in [1.807, 2.05) is 0 Å². The number of ketones is 1. The number of nitro benzene ring substituents is 1. The number of oxime groups is 1. The zero-order valence-corrected chi connectivity index (χ0v) is 14.6. The SMILES string of the molecule is CC(=O)c1ccc(N2C(=O)[C@H]3C(c4ccc([N+](=O)[O-])cc4)=NO[C@@H]3C2=O)cc1. The molecule has 1 saturated heterocycles. The van der Waals surface area contributed by atoms with Crippen molar-refractivity contribution in [2.24, 2.45) is 11.1 Å². The summed E-state index contributed by atoms with van der Waals surface area (Å²) in [5, 5.41) is 14.7. The predicted molar refractivity (Wildman–Crippen MR) is 96.9 cm³/mol. The van der Waals surface area contributed by atoms with Crippen molar-refractivity contribution >= 4 is 34.7 Å². The standard InChI is InChI=1S/C19H13N3O6/c1-10(23)11-2-6-13(7-3-11)21-18(24)15-16(20-28-17(15)19(21)25)12-4-8-14(9-5-12)22(26)27/h2-9,15,17H,1H3/t15-,17-/m0/s1. The minimum absolute atomic E-state index is 0.0965. The van der Waals surface area contributed by atoms with E-state index in [0.29, 0.717) is 16.8 Å². The Balaban J connectivity index is 1.64. The maximum absolute atomic E-state index is 12.9. The van der Waals surface area contributed by atoms with Gasteiger partial charge < -0.3 is 4.84 Å². The molecule has 0 saturated carbocycles. The van der Waals surface area contributed by atoms with Gasteiger partial charge in [-0.1, -0.05) is 5.16 Å². The van der Waals surface area contributed by atoms with Crippen molar-refractivity contribution in [3.63, 3.8) is 0 Å². The predicted octanol–water partition coefficient (Wildman–Crippen LogP) is 2.09. The molecule has 9 nitrogen and oxygen atoms in total. The van der Waals surface area contributed by atoms with Gasteiger partial charge in [-0.2, -0.15) is 0 Å². The fourth-order valence-corrected chi connectivity index (χ4v) is 3.27. The van der Waals surface area contributed by atoms with Gasteiger partial charge in [0.1, 0.15) is 11.6 Å². The minimum Gasteiger partial charge on any atom is -0.381 e.